The van der Waals surface area contributed by atoms with Gasteiger partial charge in [-0.05, 0) is 37.2 Å². The van der Waals surface area contributed by atoms with Gasteiger partial charge >= 0.3 is 0 Å². The molecule has 2 N–H and O–H groups in total. The van der Waals surface area contributed by atoms with Crippen LogP contribution < -0.4 is 20.3 Å². The van der Waals surface area contributed by atoms with Gasteiger partial charge in [0.05, 0.1) is 13.7 Å². The van der Waals surface area contributed by atoms with E-state index in [1.807, 2.05) is 0 Å². The number of aromatic nitrogens is 3. The normalized spacial score (nSPS) is 12.3. The molecule has 0 bridgehead atoms. The maximum absolute atomic E-state index is 12.9. The van der Waals surface area contributed by atoms with Crippen LogP contribution in [-0.4, -0.2) is 54.0 Å². The van der Waals surface area contributed by atoms with Gasteiger partial charge in [-0.15, -0.1) is 4.68 Å². The van der Waals surface area contributed by atoms with Crippen LogP contribution in [0.25, 0.3) is 0 Å². The van der Waals surface area contributed by atoms with Gasteiger partial charge in [0.1, 0.15) is 5.75 Å². The first-order chi connectivity index (χ1) is 16.0. The smallest absolute Gasteiger partial charge is 0.251 e. The largest absolute Gasteiger partial charge is 0.571 e. The van der Waals surface area contributed by atoms with Gasteiger partial charge in [0, 0.05) is 39.8 Å². The number of carbonyl (C=O) groups excluding carboxylic acids is 3. The zero-order chi connectivity index (χ0) is 23.4. The van der Waals surface area contributed by atoms with Crippen molar-refractivity contribution in [3.05, 3.63) is 81.8 Å². The Labute approximate surface area is 189 Å². The molecule has 170 valence electrons. The standard InChI is InChI=1S/C23H23N5O5/c1-33-16-9-7-15(8-10-16)23(31)25-13-12-24-11-4-14-27-20-19(26-28(27)32)21(29)17-5-2-3-6-18(17)22(20)30/h2-3,5-10,24H,4,11-14H2,1H3,(H,25,31). The van der Waals surface area contributed by atoms with Crippen molar-refractivity contribution in [2.45, 2.75) is 13.0 Å². The fourth-order valence-electron chi connectivity index (χ4n) is 3.69. The van der Waals surface area contributed by atoms with E-state index < -0.39 is 5.78 Å². The average molecular weight is 449 g/mol. The van der Waals surface area contributed by atoms with E-state index in [1.54, 1.807) is 55.6 Å². The SMILES string of the molecule is COc1ccc(C(=O)NCCNCCCn2c3c(n[n+]2[O-])C(=O)c2ccccc2C3=O)cc1. The molecule has 0 aliphatic heterocycles. The summed E-state index contributed by atoms with van der Waals surface area (Å²) in [5.41, 5.74) is 1.01. The molecule has 1 aromatic heterocycles. The van der Waals surface area contributed by atoms with E-state index in [0.717, 1.165) is 0 Å². The third-order valence-corrected chi connectivity index (χ3v) is 5.38. The molecule has 0 atom stereocenters. The van der Waals surface area contributed by atoms with Crippen molar-refractivity contribution in [1.29, 1.82) is 0 Å². The van der Waals surface area contributed by atoms with Gasteiger partial charge in [0.15, 0.2) is 5.69 Å². The number of nitrogens with zero attached hydrogens (tertiary/aromatic N) is 3. The Morgan fingerprint density at radius 3 is 2.42 bits per heavy atom. The van der Waals surface area contributed by atoms with E-state index in [1.165, 1.54) is 4.68 Å². The first kappa shape index (κ1) is 22.2. The summed E-state index contributed by atoms with van der Waals surface area (Å²) < 4.78 is 6.27. The molecular weight excluding hydrogens is 426 g/mol. The summed E-state index contributed by atoms with van der Waals surface area (Å²) in [5.74, 6) is -0.298. The molecule has 2 aromatic carbocycles. The fraction of sp³-hybridized carbons (Fsp3) is 0.261. The minimum absolute atomic E-state index is 0.0282. The number of methoxy groups -OCH3 is 1. The molecule has 0 saturated heterocycles. The number of fused-ring (bicyclic) bond motifs is 2. The Hall–Kier alpha value is -4.05. The second-order valence-electron chi connectivity index (χ2n) is 7.46. The summed E-state index contributed by atoms with van der Waals surface area (Å²) in [6.45, 7) is 1.73. The molecule has 1 aliphatic carbocycles. The first-order valence-electron chi connectivity index (χ1n) is 10.5. The van der Waals surface area contributed by atoms with Crippen LogP contribution in [0.15, 0.2) is 48.5 Å². The molecular formula is C23H23N5O5. The van der Waals surface area contributed by atoms with E-state index >= 15 is 0 Å². The third kappa shape index (κ3) is 4.46. The molecule has 0 spiro atoms. The number of rotatable bonds is 9. The fourth-order valence-corrected chi connectivity index (χ4v) is 3.69. The number of benzene rings is 2. The number of ether oxygens (including phenoxy) is 1. The first-order valence-corrected chi connectivity index (χ1v) is 10.5. The zero-order valence-corrected chi connectivity index (χ0v) is 18.0. The predicted molar refractivity (Wildman–Crippen MR) is 117 cm³/mol. The lowest BCUT2D eigenvalue weighted by Gasteiger charge is -2.12. The summed E-state index contributed by atoms with van der Waals surface area (Å²) in [6, 6.07) is 13.3. The Bertz CT molecular complexity index is 1200. The summed E-state index contributed by atoms with van der Waals surface area (Å²) in [6.07, 6.45) is 0.528. The van der Waals surface area contributed by atoms with Gasteiger partial charge in [-0.3, -0.25) is 14.4 Å². The number of ketones is 2. The molecule has 0 saturated carbocycles. The lowest BCUT2D eigenvalue weighted by molar-refractivity contribution is -0.749. The van der Waals surface area contributed by atoms with Gasteiger partial charge in [0.25, 0.3) is 5.91 Å². The Balaban J connectivity index is 1.25. The number of hydrogen-bond acceptors (Lipinski definition) is 7. The topological polar surface area (TPSA) is 129 Å². The van der Waals surface area contributed by atoms with Crippen molar-refractivity contribution in [1.82, 2.24) is 20.4 Å². The summed E-state index contributed by atoms with van der Waals surface area (Å²) in [4.78, 5) is 37.9. The molecule has 1 amide bonds. The van der Waals surface area contributed by atoms with E-state index in [9.17, 15) is 19.6 Å². The molecule has 0 radical (unpaired) electrons. The number of nitrogens with one attached hydrogen (secondary N) is 2. The Morgan fingerprint density at radius 1 is 1.03 bits per heavy atom. The van der Waals surface area contributed by atoms with Gasteiger partial charge < -0.3 is 20.6 Å². The van der Waals surface area contributed by atoms with Crippen LogP contribution in [0.5, 0.6) is 5.75 Å². The molecule has 4 rings (SSSR count). The molecule has 33 heavy (non-hydrogen) atoms. The van der Waals surface area contributed by atoms with Crippen molar-refractivity contribution < 1.29 is 24.1 Å². The second-order valence-corrected chi connectivity index (χ2v) is 7.46. The average Bonchev–Trinajstić information content (AvgIpc) is 3.18. The lowest BCUT2D eigenvalue weighted by atomic mass is 9.90. The van der Waals surface area contributed by atoms with Crippen LogP contribution in [-0.2, 0) is 6.54 Å². The van der Waals surface area contributed by atoms with Gasteiger partial charge in [-0.2, -0.15) is 0 Å². The highest BCUT2D eigenvalue weighted by Crippen LogP contribution is 2.25. The maximum Gasteiger partial charge on any atom is 0.251 e. The van der Waals surface area contributed by atoms with E-state index in [2.05, 4.69) is 15.7 Å². The van der Waals surface area contributed by atoms with E-state index in [4.69, 9.17) is 4.74 Å². The highest BCUT2D eigenvalue weighted by atomic mass is 16.5. The lowest BCUT2D eigenvalue weighted by Crippen LogP contribution is -2.42. The van der Waals surface area contributed by atoms with Crippen LogP contribution >= 0.6 is 0 Å². The zero-order valence-electron chi connectivity index (χ0n) is 18.0. The van der Waals surface area contributed by atoms with Crippen molar-refractivity contribution in [3.63, 3.8) is 0 Å². The van der Waals surface area contributed by atoms with Crippen LogP contribution in [0.2, 0.25) is 0 Å². The highest BCUT2D eigenvalue weighted by Gasteiger charge is 2.38. The van der Waals surface area contributed by atoms with Crippen LogP contribution in [0.3, 0.4) is 0 Å². The third-order valence-electron chi connectivity index (χ3n) is 5.38. The van der Waals surface area contributed by atoms with Crippen LogP contribution in [0.4, 0.5) is 0 Å². The number of amides is 1. The van der Waals surface area contributed by atoms with E-state index in [-0.39, 0.29) is 40.7 Å². The molecule has 0 unspecified atom stereocenters. The summed E-state index contributed by atoms with van der Waals surface area (Å²) in [7, 11) is 1.56. The Morgan fingerprint density at radius 2 is 1.73 bits per heavy atom. The van der Waals surface area contributed by atoms with Crippen molar-refractivity contribution in [2.75, 3.05) is 26.7 Å². The van der Waals surface area contributed by atoms with Gasteiger partial charge in [-0.25, -0.2) is 0 Å². The molecule has 1 heterocycles. The van der Waals surface area contributed by atoms with Crippen molar-refractivity contribution in [3.8, 4) is 5.75 Å². The monoisotopic (exact) mass is 449 g/mol. The van der Waals surface area contributed by atoms with Crippen molar-refractivity contribution in [2.24, 2.45) is 0 Å². The molecule has 10 heteroatoms. The quantitative estimate of drug-likeness (QED) is 0.219. The number of carbonyl (C=O) groups is 3. The van der Waals surface area contributed by atoms with Gasteiger partial charge in [-0.1, -0.05) is 24.3 Å². The number of hydrogen-bond donors (Lipinski definition) is 2. The Kier molecular flexibility index (Phi) is 6.45. The maximum atomic E-state index is 12.9. The molecule has 1 aliphatic rings. The predicted octanol–water partition coefficient (Wildman–Crippen LogP) is 0.710. The summed E-state index contributed by atoms with van der Waals surface area (Å²) >= 11 is 0. The minimum atomic E-state index is -0.422. The van der Waals surface area contributed by atoms with E-state index in [0.29, 0.717) is 42.3 Å². The van der Waals surface area contributed by atoms with Crippen LogP contribution in [0.1, 0.15) is 48.9 Å². The van der Waals surface area contributed by atoms with Gasteiger partial charge in [0.2, 0.25) is 17.3 Å². The molecule has 10 nitrogen and oxygen atoms in total. The van der Waals surface area contributed by atoms with Crippen molar-refractivity contribution >= 4 is 17.5 Å². The minimum Gasteiger partial charge on any atom is -0.571 e. The summed E-state index contributed by atoms with van der Waals surface area (Å²) in [5, 5.41) is 22.0. The van der Waals surface area contributed by atoms with Crippen LogP contribution in [0, 0.1) is 5.21 Å². The molecule has 0 fully saturated rings. The molecule has 3 aromatic rings. The highest BCUT2D eigenvalue weighted by molar-refractivity contribution is 6.26. The second kappa shape index (κ2) is 9.61.